The number of fused-ring (bicyclic) bond motifs is 1. The molecule has 0 fully saturated rings. The predicted molar refractivity (Wildman–Crippen MR) is 78.5 cm³/mol. The number of nitrogens with zero attached hydrogens (tertiary/aromatic N) is 1. The van der Waals surface area contributed by atoms with Crippen LogP contribution in [0.15, 0.2) is 28.8 Å². The van der Waals surface area contributed by atoms with Crippen LogP contribution in [0.25, 0.3) is 10.9 Å². The van der Waals surface area contributed by atoms with Gasteiger partial charge in [-0.1, -0.05) is 24.6 Å². The maximum Gasteiger partial charge on any atom is 0.297 e. The first-order chi connectivity index (χ1) is 9.61. The predicted octanol–water partition coefficient (Wildman–Crippen LogP) is 3.71. The number of aromatic amines is 1. The van der Waals surface area contributed by atoms with Crippen molar-refractivity contribution in [3.05, 3.63) is 40.7 Å². The zero-order valence-electron chi connectivity index (χ0n) is 11.1. The van der Waals surface area contributed by atoms with E-state index in [1.807, 2.05) is 31.3 Å². The highest BCUT2D eigenvalue weighted by Gasteiger charge is 2.23. The Morgan fingerprint density at radius 1 is 1.45 bits per heavy atom. The molecule has 3 aromatic rings. The summed E-state index contributed by atoms with van der Waals surface area (Å²) in [6, 6.07) is 5.97. The number of halogens is 1. The van der Waals surface area contributed by atoms with Crippen LogP contribution in [0.1, 0.15) is 24.2 Å². The summed E-state index contributed by atoms with van der Waals surface area (Å²) in [5.74, 6) is 0.136. The van der Waals surface area contributed by atoms with Crippen molar-refractivity contribution < 1.29 is 9.52 Å². The molecule has 6 heteroatoms. The Hall–Kier alpha value is -2.14. The lowest BCUT2D eigenvalue weighted by atomic mass is 9.98. The Kier molecular flexibility index (Phi) is 3.06. The largest absolute Gasteiger partial charge is 0.491 e. The lowest BCUT2D eigenvalue weighted by Crippen LogP contribution is -1.94. The van der Waals surface area contributed by atoms with E-state index in [-0.39, 0.29) is 17.8 Å². The van der Waals surface area contributed by atoms with Crippen LogP contribution in [0.4, 0.5) is 6.01 Å². The zero-order chi connectivity index (χ0) is 14.3. The summed E-state index contributed by atoms with van der Waals surface area (Å²) in [4.78, 5) is 7.07. The number of oxazole rings is 1. The van der Waals surface area contributed by atoms with Gasteiger partial charge in [-0.2, -0.15) is 4.98 Å². The van der Waals surface area contributed by atoms with Crippen LogP contribution in [0, 0.1) is 0 Å². The van der Waals surface area contributed by atoms with Gasteiger partial charge >= 0.3 is 0 Å². The zero-order valence-corrected chi connectivity index (χ0v) is 11.8. The first kappa shape index (κ1) is 12.9. The second kappa shape index (κ2) is 4.76. The van der Waals surface area contributed by atoms with Crippen molar-refractivity contribution in [2.75, 3.05) is 12.4 Å². The quantitative estimate of drug-likeness (QED) is 0.688. The Morgan fingerprint density at radius 2 is 2.25 bits per heavy atom. The fraction of sp³-hybridized carbons (Fsp3) is 0.214. The molecule has 1 aromatic carbocycles. The first-order valence-electron chi connectivity index (χ1n) is 6.24. The van der Waals surface area contributed by atoms with Gasteiger partial charge in [-0.3, -0.25) is 0 Å². The molecule has 0 aliphatic heterocycles. The average molecular weight is 292 g/mol. The third-order valence-corrected chi connectivity index (χ3v) is 3.71. The third kappa shape index (κ3) is 1.91. The Labute approximate surface area is 120 Å². The Morgan fingerprint density at radius 3 is 2.95 bits per heavy atom. The maximum atomic E-state index is 9.89. The molecule has 0 saturated carbocycles. The molecule has 2 aromatic heterocycles. The van der Waals surface area contributed by atoms with Gasteiger partial charge < -0.3 is 19.8 Å². The van der Waals surface area contributed by atoms with Crippen LogP contribution >= 0.6 is 11.6 Å². The maximum absolute atomic E-state index is 9.89. The van der Waals surface area contributed by atoms with Gasteiger partial charge in [-0.15, -0.1) is 0 Å². The number of hydrogen-bond acceptors (Lipinski definition) is 4. The van der Waals surface area contributed by atoms with E-state index in [0.717, 1.165) is 16.5 Å². The summed E-state index contributed by atoms with van der Waals surface area (Å²) in [5, 5.41) is 14.2. The van der Waals surface area contributed by atoms with Crippen LogP contribution in [0.3, 0.4) is 0 Å². The van der Waals surface area contributed by atoms with Gasteiger partial charge in [0, 0.05) is 30.1 Å². The molecule has 2 heterocycles. The number of nitrogens with one attached hydrogen (secondary N) is 2. The standard InChI is InChI=1S/C14H14ClN3O2/c1-7(12-13(19)18-14(16-2)20-12)8-6-17-10-5-3-4-9(15)11(8)10/h3-7,17,19H,1-2H3,(H,16,18). The van der Waals surface area contributed by atoms with Crippen LogP contribution in [0.2, 0.25) is 5.02 Å². The minimum atomic E-state index is -0.168. The number of rotatable bonds is 3. The van der Waals surface area contributed by atoms with Crippen LogP contribution in [-0.4, -0.2) is 22.1 Å². The molecule has 0 radical (unpaired) electrons. The molecule has 0 aliphatic rings. The molecule has 1 atom stereocenters. The minimum absolute atomic E-state index is 0.108. The summed E-state index contributed by atoms with van der Waals surface area (Å²) in [5.41, 5.74) is 1.91. The smallest absolute Gasteiger partial charge is 0.297 e. The molecule has 1 unspecified atom stereocenters. The Balaban J connectivity index is 2.12. The van der Waals surface area contributed by atoms with Gasteiger partial charge in [0.05, 0.1) is 5.02 Å². The number of H-pyrrole nitrogens is 1. The lowest BCUT2D eigenvalue weighted by molar-refractivity contribution is 0.421. The number of hydrogen-bond donors (Lipinski definition) is 3. The summed E-state index contributed by atoms with van der Waals surface area (Å²) in [6.07, 6.45) is 1.88. The van der Waals surface area contributed by atoms with Crippen molar-refractivity contribution in [2.24, 2.45) is 0 Å². The Bertz CT molecular complexity index is 763. The van der Waals surface area contributed by atoms with Crippen molar-refractivity contribution >= 4 is 28.5 Å². The molecule has 20 heavy (non-hydrogen) atoms. The molecule has 5 nitrogen and oxygen atoms in total. The third-order valence-electron chi connectivity index (χ3n) is 3.39. The van der Waals surface area contributed by atoms with Crippen molar-refractivity contribution in [1.29, 1.82) is 0 Å². The van der Waals surface area contributed by atoms with Crippen LogP contribution < -0.4 is 5.32 Å². The molecular formula is C14H14ClN3O2. The molecule has 0 aliphatic carbocycles. The molecule has 3 rings (SSSR count). The van der Waals surface area contributed by atoms with E-state index in [0.29, 0.717) is 10.8 Å². The monoisotopic (exact) mass is 291 g/mol. The minimum Gasteiger partial charge on any atom is -0.491 e. The molecule has 0 spiro atoms. The highest BCUT2D eigenvalue weighted by molar-refractivity contribution is 6.35. The summed E-state index contributed by atoms with van der Waals surface area (Å²) >= 11 is 6.27. The van der Waals surface area contributed by atoms with Crippen molar-refractivity contribution in [3.63, 3.8) is 0 Å². The van der Waals surface area contributed by atoms with E-state index in [9.17, 15) is 5.11 Å². The van der Waals surface area contributed by atoms with E-state index in [1.54, 1.807) is 7.05 Å². The van der Waals surface area contributed by atoms with E-state index in [2.05, 4.69) is 15.3 Å². The van der Waals surface area contributed by atoms with Crippen molar-refractivity contribution in [2.45, 2.75) is 12.8 Å². The number of benzene rings is 1. The first-order valence-corrected chi connectivity index (χ1v) is 6.62. The van der Waals surface area contributed by atoms with Crippen LogP contribution in [0.5, 0.6) is 5.88 Å². The van der Waals surface area contributed by atoms with Gasteiger partial charge in [-0.25, -0.2) is 0 Å². The molecular weight excluding hydrogens is 278 g/mol. The average Bonchev–Trinajstić information content (AvgIpc) is 3.02. The SMILES string of the molecule is CNc1nc(O)c(C(C)c2c[nH]c3cccc(Cl)c23)o1. The fourth-order valence-corrected chi connectivity index (χ4v) is 2.64. The normalized spacial score (nSPS) is 12.8. The van der Waals surface area contributed by atoms with Gasteiger partial charge in [0.25, 0.3) is 11.9 Å². The van der Waals surface area contributed by atoms with Crippen LogP contribution in [-0.2, 0) is 0 Å². The van der Waals surface area contributed by atoms with Gasteiger partial charge in [0.15, 0.2) is 5.76 Å². The van der Waals surface area contributed by atoms with E-state index >= 15 is 0 Å². The van der Waals surface area contributed by atoms with Crippen molar-refractivity contribution in [3.8, 4) is 5.88 Å². The van der Waals surface area contributed by atoms with E-state index in [1.165, 1.54) is 0 Å². The number of aromatic hydroxyl groups is 1. The summed E-state index contributed by atoms with van der Waals surface area (Å²) in [6.45, 7) is 1.94. The molecule has 0 saturated heterocycles. The van der Waals surface area contributed by atoms with Gasteiger partial charge in [-0.05, 0) is 17.7 Å². The molecule has 3 N–H and O–H groups in total. The molecule has 0 amide bonds. The lowest BCUT2D eigenvalue weighted by Gasteiger charge is -2.08. The molecule has 0 bridgehead atoms. The number of anilines is 1. The molecule has 104 valence electrons. The summed E-state index contributed by atoms with van der Waals surface area (Å²) < 4.78 is 5.51. The second-order valence-electron chi connectivity index (χ2n) is 4.58. The van der Waals surface area contributed by atoms with E-state index in [4.69, 9.17) is 16.0 Å². The van der Waals surface area contributed by atoms with Gasteiger partial charge in [0.1, 0.15) is 0 Å². The fourth-order valence-electron chi connectivity index (χ4n) is 2.36. The second-order valence-corrected chi connectivity index (χ2v) is 4.99. The van der Waals surface area contributed by atoms with E-state index < -0.39 is 0 Å². The highest BCUT2D eigenvalue weighted by Crippen LogP contribution is 2.38. The van der Waals surface area contributed by atoms with Crippen molar-refractivity contribution in [1.82, 2.24) is 9.97 Å². The highest BCUT2D eigenvalue weighted by atomic mass is 35.5. The number of aromatic nitrogens is 2. The topological polar surface area (TPSA) is 74.1 Å². The summed E-state index contributed by atoms with van der Waals surface area (Å²) in [7, 11) is 1.68. The van der Waals surface area contributed by atoms with Gasteiger partial charge in [0.2, 0.25) is 0 Å².